The Bertz CT molecular complexity index is 1200. The number of likely N-dealkylation sites (tertiary alicyclic amines) is 1. The van der Waals surface area contributed by atoms with Gasteiger partial charge in [0.25, 0.3) is 0 Å². The first-order chi connectivity index (χ1) is 16.8. The van der Waals surface area contributed by atoms with E-state index in [0.717, 1.165) is 44.5 Å². The lowest BCUT2D eigenvalue weighted by Gasteiger charge is -2.33. The predicted molar refractivity (Wildman–Crippen MR) is 147 cm³/mol. The molecule has 0 aliphatic carbocycles. The van der Waals surface area contributed by atoms with Crippen molar-refractivity contribution in [2.45, 2.75) is 42.9 Å². The number of aryl methyl sites for hydroxylation is 1. The molecule has 4 rings (SSSR count). The van der Waals surface area contributed by atoms with E-state index in [2.05, 4.69) is 35.2 Å². The van der Waals surface area contributed by atoms with E-state index in [1.54, 1.807) is 56.4 Å². The minimum absolute atomic E-state index is 0. The Labute approximate surface area is 221 Å². The van der Waals surface area contributed by atoms with Crippen molar-refractivity contribution in [3.8, 4) is 0 Å². The number of hydrogen-bond donors (Lipinski definition) is 0. The van der Waals surface area contributed by atoms with E-state index >= 15 is 0 Å². The fourth-order valence-electron chi connectivity index (χ4n) is 4.96. The number of nitrogens with zero attached hydrogens (tertiary/aromatic N) is 2. The standard InChI is InChI=1S/C29H35FN2O2S.ClH/c1-23-13-14-26(21-29(23)30)27(22-31(2)35(33,34)28-11-7-4-8-12-28)17-20-32-18-15-25(16-19-32)24-9-5-3-6-10-24;/h3-14,21,25,27H,15-20,22H2,1-2H3;1H. The first-order valence-electron chi connectivity index (χ1n) is 12.4. The van der Waals surface area contributed by atoms with E-state index in [1.165, 1.54) is 9.87 Å². The molecule has 3 aromatic carbocycles. The molecule has 0 spiro atoms. The van der Waals surface area contributed by atoms with Gasteiger partial charge < -0.3 is 4.90 Å². The second kappa shape index (κ2) is 12.8. The summed E-state index contributed by atoms with van der Waals surface area (Å²) in [5, 5.41) is 0. The van der Waals surface area contributed by atoms with Crippen LogP contribution >= 0.6 is 12.4 Å². The van der Waals surface area contributed by atoms with Gasteiger partial charge in [0.1, 0.15) is 5.82 Å². The van der Waals surface area contributed by atoms with Crippen LogP contribution in [0.5, 0.6) is 0 Å². The first kappa shape index (κ1) is 28.3. The number of halogens is 2. The lowest BCUT2D eigenvalue weighted by atomic mass is 9.89. The number of hydrogen-bond acceptors (Lipinski definition) is 3. The van der Waals surface area contributed by atoms with Crippen molar-refractivity contribution in [1.82, 2.24) is 9.21 Å². The van der Waals surface area contributed by atoms with Crippen LogP contribution in [0.25, 0.3) is 0 Å². The van der Waals surface area contributed by atoms with E-state index in [0.29, 0.717) is 18.0 Å². The number of likely N-dealkylation sites (N-methyl/N-ethyl adjacent to an activating group) is 1. The Kier molecular flexibility index (Phi) is 10.1. The van der Waals surface area contributed by atoms with Crippen LogP contribution in [0, 0.1) is 12.7 Å². The van der Waals surface area contributed by atoms with Crippen LogP contribution in [-0.4, -0.2) is 50.8 Å². The second-order valence-corrected chi connectivity index (χ2v) is 11.7. The second-order valence-electron chi connectivity index (χ2n) is 9.62. The zero-order valence-corrected chi connectivity index (χ0v) is 22.6. The van der Waals surface area contributed by atoms with Crippen molar-refractivity contribution in [3.05, 3.63) is 101 Å². The lowest BCUT2D eigenvalue weighted by molar-refractivity contribution is 0.203. The summed E-state index contributed by atoms with van der Waals surface area (Å²) in [6.45, 7) is 4.96. The average molecular weight is 531 g/mol. The van der Waals surface area contributed by atoms with Crippen molar-refractivity contribution >= 4 is 22.4 Å². The topological polar surface area (TPSA) is 40.6 Å². The summed E-state index contributed by atoms with van der Waals surface area (Å²) in [4.78, 5) is 2.74. The SMILES string of the molecule is Cc1ccc(C(CCN2CCC(c3ccccc3)CC2)CN(C)S(=O)(=O)c2ccccc2)cc1F.Cl. The van der Waals surface area contributed by atoms with Crippen LogP contribution in [0.15, 0.2) is 83.8 Å². The zero-order chi connectivity index (χ0) is 24.8. The quantitative estimate of drug-likeness (QED) is 0.329. The number of piperidine rings is 1. The summed E-state index contributed by atoms with van der Waals surface area (Å²) in [7, 11) is -2.00. The minimum atomic E-state index is -3.62. The molecule has 4 nitrogen and oxygen atoms in total. The van der Waals surface area contributed by atoms with Crippen LogP contribution in [-0.2, 0) is 10.0 Å². The van der Waals surface area contributed by atoms with E-state index in [1.807, 2.05) is 6.07 Å². The molecule has 1 fully saturated rings. The van der Waals surface area contributed by atoms with Crippen molar-refractivity contribution in [2.75, 3.05) is 33.2 Å². The molecule has 0 amide bonds. The Morgan fingerprint density at radius 2 is 1.58 bits per heavy atom. The summed E-state index contributed by atoms with van der Waals surface area (Å²) >= 11 is 0. The van der Waals surface area contributed by atoms with Gasteiger partial charge in [-0.2, -0.15) is 0 Å². The van der Waals surface area contributed by atoms with Crippen molar-refractivity contribution < 1.29 is 12.8 Å². The van der Waals surface area contributed by atoms with Crippen molar-refractivity contribution in [2.24, 2.45) is 0 Å². The maximum Gasteiger partial charge on any atom is 0.242 e. The third kappa shape index (κ3) is 6.94. The molecule has 36 heavy (non-hydrogen) atoms. The highest BCUT2D eigenvalue weighted by molar-refractivity contribution is 7.89. The summed E-state index contributed by atoms with van der Waals surface area (Å²) in [6, 6.07) is 24.5. The Hall–Kier alpha value is -2.25. The molecule has 1 atom stereocenters. The molecule has 1 aliphatic rings. The van der Waals surface area contributed by atoms with Gasteiger partial charge in [-0.15, -0.1) is 12.4 Å². The molecule has 0 saturated carbocycles. The van der Waals surface area contributed by atoms with Gasteiger partial charge in [0.15, 0.2) is 0 Å². The molecule has 1 aliphatic heterocycles. The van der Waals surface area contributed by atoms with Crippen molar-refractivity contribution in [1.29, 1.82) is 0 Å². The summed E-state index contributed by atoms with van der Waals surface area (Å²) in [5.74, 6) is 0.252. The summed E-state index contributed by atoms with van der Waals surface area (Å²) in [6.07, 6.45) is 3.01. The number of sulfonamides is 1. The number of benzene rings is 3. The maximum absolute atomic E-state index is 14.4. The molecule has 1 saturated heterocycles. The van der Waals surface area contributed by atoms with Crippen molar-refractivity contribution in [3.63, 3.8) is 0 Å². The van der Waals surface area contributed by atoms with E-state index < -0.39 is 10.0 Å². The normalized spacial score (nSPS) is 16.0. The predicted octanol–water partition coefficient (Wildman–Crippen LogP) is 6.23. The molecule has 0 bridgehead atoms. The van der Waals surface area contributed by atoms with Crippen LogP contribution in [0.3, 0.4) is 0 Å². The molecule has 0 radical (unpaired) electrons. The third-order valence-electron chi connectivity index (χ3n) is 7.25. The highest BCUT2D eigenvalue weighted by atomic mass is 35.5. The van der Waals surface area contributed by atoms with Crippen LogP contribution in [0.4, 0.5) is 4.39 Å². The lowest BCUT2D eigenvalue weighted by Crippen LogP contribution is -2.36. The first-order valence-corrected chi connectivity index (χ1v) is 13.8. The number of rotatable bonds is 9. The van der Waals surface area contributed by atoms with Gasteiger partial charge in [0.05, 0.1) is 4.90 Å². The van der Waals surface area contributed by atoms with Gasteiger partial charge in [-0.1, -0.05) is 60.7 Å². The van der Waals surface area contributed by atoms with E-state index in [-0.39, 0.29) is 29.0 Å². The molecule has 7 heteroatoms. The van der Waals surface area contributed by atoms with Gasteiger partial charge in [-0.3, -0.25) is 0 Å². The molecule has 194 valence electrons. The molecular weight excluding hydrogens is 495 g/mol. The largest absolute Gasteiger partial charge is 0.303 e. The average Bonchev–Trinajstić information content (AvgIpc) is 2.89. The van der Waals surface area contributed by atoms with Gasteiger partial charge in [-0.25, -0.2) is 17.1 Å². The Morgan fingerprint density at radius 3 is 2.19 bits per heavy atom. The summed E-state index contributed by atoms with van der Waals surface area (Å²) < 4.78 is 42.1. The van der Waals surface area contributed by atoms with Gasteiger partial charge in [0, 0.05) is 13.6 Å². The summed E-state index contributed by atoms with van der Waals surface area (Å²) in [5.41, 5.74) is 2.86. The van der Waals surface area contributed by atoms with Crippen LogP contribution in [0.1, 0.15) is 47.8 Å². The molecule has 0 aromatic heterocycles. The van der Waals surface area contributed by atoms with Gasteiger partial charge in [-0.05, 0) is 92.5 Å². The zero-order valence-electron chi connectivity index (χ0n) is 21.0. The monoisotopic (exact) mass is 530 g/mol. The fourth-order valence-corrected chi connectivity index (χ4v) is 6.20. The molecule has 1 heterocycles. The maximum atomic E-state index is 14.4. The van der Waals surface area contributed by atoms with Gasteiger partial charge in [0.2, 0.25) is 10.0 Å². The van der Waals surface area contributed by atoms with E-state index in [9.17, 15) is 12.8 Å². The van der Waals surface area contributed by atoms with Crippen LogP contribution < -0.4 is 0 Å². The Morgan fingerprint density at radius 1 is 0.972 bits per heavy atom. The highest BCUT2D eigenvalue weighted by Crippen LogP contribution is 2.30. The molecule has 0 N–H and O–H groups in total. The Balaban J connectivity index is 0.00000361. The minimum Gasteiger partial charge on any atom is -0.303 e. The fraction of sp³-hybridized carbons (Fsp3) is 0.379. The smallest absolute Gasteiger partial charge is 0.242 e. The van der Waals surface area contributed by atoms with Gasteiger partial charge >= 0.3 is 0 Å². The third-order valence-corrected chi connectivity index (χ3v) is 9.09. The molecular formula is C29H36ClFN2O2S. The van der Waals surface area contributed by atoms with E-state index in [4.69, 9.17) is 0 Å². The molecule has 1 unspecified atom stereocenters. The molecule has 3 aromatic rings. The highest BCUT2D eigenvalue weighted by Gasteiger charge is 2.26. The van der Waals surface area contributed by atoms with Crippen LogP contribution in [0.2, 0.25) is 0 Å².